The number of rotatable bonds is 1. The third-order valence-corrected chi connectivity index (χ3v) is 2.40. The van der Waals surface area contributed by atoms with Crippen molar-refractivity contribution < 1.29 is 0 Å². The first kappa shape index (κ1) is 11.2. The fraction of sp³-hybridized carbons (Fsp3) is 0.556. The Morgan fingerprint density at radius 2 is 2.07 bits per heavy atom. The summed E-state index contributed by atoms with van der Waals surface area (Å²) in [6, 6.07) is 1.73. The summed E-state index contributed by atoms with van der Waals surface area (Å²) in [6.45, 7) is 2.12. The zero-order valence-corrected chi connectivity index (χ0v) is 8.76. The van der Waals surface area contributed by atoms with Crippen molar-refractivity contribution in [3.05, 3.63) is 18.1 Å². The van der Waals surface area contributed by atoms with E-state index in [1.165, 1.54) is 0 Å². The molecule has 0 amide bonds. The number of anilines is 1. The van der Waals surface area contributed by atoms with Gasteiger partial charge in [0.2, 0.25) is 0 Å². The van der Waals surface area contributed by atoms with Gasteiger partial charge in [-0.2, -0.15) is 0 Å². The maximum Gasteiger partial charge on any atom is 0.133 e. The number of nitrogens with one attached hydrogen (secondary N) is 1. The Kier molecular flexibility index (Phi) is 4.10. The average molecular weight is 215 g/mol. The highest BCUT2D eigenvalue weighted by Gasteiger charge is 2.17. The number of hydrogen-bond acceptors (Lipinski definition) is 4. The van der Waals surface area contributed by atoms with E-state index in [2.05, 4.69) is 15.3 Å². The SMILES string of the molecule is Cl.Nc1ccnc(C2CCNCC2)n1. The lowest BCUT2D eigenvalue weighted by Crippen LogP contribution is -2.27. The van der Waals surface area contributed by atoms with E-state index < -0.39 is 0 Å². The van der Waals surface area contributed by atoms with Crippen LogP contribution in [0.25, 0.3) is 0 Å². The van der Waals surface area contributed by atoms with E-state index in [0.717, 1.165) is 31.8 Å². The molecule has 0 bridgehead atoms. The lowest BCUT2D eigenvalue weighted by molar-refractivity contribution is 0.445. The van der Waals surface area contributed by atoms with Crippen LogP contribution in [0.3, 0.4) is 0 Å². The first-order chi connectivity index (χ1) is 6.36. The molecule has 0 atom stereocenters. The Labute approximate surface area is 89.7 Å². The van der Waals surface area contributed by atoms with E-state index in [0.29, 0.717) is 11.7 Å². The van der Waals surface area contributed by atoms with Crippen molar-refractivity contribution >= 4 is 18.2 Å². The number of nitrogen functional groups attached to an aromatic ring is 1. The molecule has 3 N–H and O–H groups in total. The van der Waals surface area contributed by atoms with Crippen LogP contribution in [0.15, 0.2) is 12.3 Å². The molecule has 1 aliphatic rings. The van der Waals surface area contributed by atoms with Gasteiger partial charge in [0, 0.05) is 12.1 Å². The van der Waals surface area contributed by atoms with Crippen LogP contribution in [0, 0.1) is 0 Å². The monoisotopic (exact) mass is 214 g/mol. The van der Waals surface area contributed by atoms with Gasteiger partial charge in [-0.1, -0.05) is 0 Å². The molecule has 2 rings (SSSR count). The molecule has 0 aliphatic carbocycles. The summed E-state index contributed by atoms with van der Waals surface area (Å²) in [6.07, 6.45) is 3.96. The van der Waals surface area contributed by atoms with E-state index in [4.69, 9.17) is 5.73 Å². The summed E-state index contributed by atoms with van der Waals surface area (Å²) in [5, 5.41) is 3.31. The first-order valence-corrected chi connectivity index (χ1v) is 4.65. The van der Waals surface area contributed by atoms with Gasteiger partial charge in [0.15, 0.2) is 0 Å². The third kappa shape index (κ3) is 2.56. The van der Waals surface area contributed by atoms with E-state index in [9.17, 15) is 0 Å². The molecular formula is C9H15ClN4. The molecule has 1 aromatic rings. The molecule has 0 saturated carbocycles. The molecular weight excluding hydrogens is 200 g/mol. The summed E-state index contributed by atoms with van der Waals surface area (Å²) in [7, 11) is 0. The van der Waals surface area contributed by atoms with Crippen molar-refractivity contribution in [1.29, 1.82) is 0 Å². The maximum atomic E-state index is 5.60. The van der Waals surface area contributed by atoms with Crippen LogP contribution in [0.1, 0.15) is 24.6 Å². The number of hydrogen-bond donors (Lipinski definition) is 2. The lowest BCUT2D eigenvalue weighted by atomic mass is 9.97. The summed E-state index contributed by atoms with van der Waals surface area (Å²) in [4.78, 5) is 8.48. The van der Waals surface area contributed by atoms with Crippen molar-refractivity contribution in [2.75, 3.05) is 18.8 Å². The summed E-state index contributed by atoms with van der Waals surface area (Å²) in [5.41, 5.74) is 5.60. The van der Waals surface area contributed by atoms with Crippen LogP contribution in [0.2, 0.25) is 0 Å². The van der Waals surface area contributed by atoms with Crippen LogP contribution in [-0.4, -0.2) is 23.1 Å². The predicted octanol–water partition coefficient (Wildman–Crippen LogP) is 0.948. The molecule has 5 heteroatoms. The molecule has 4 nitrogen and oxygen atoms in total. The molecule has 0 unspecified atom stereocenters. The van der Waals surface area contributed by atoms with Gasteiger partial charge in [0.1, 0.15) is 11.6 Å². The van der Waals surface area contributed by atoms with Gasteiger partial charge >= 0.3 is 0 Å². The van der Waals surface area contributed by atoms with Gasteiger partial charge in [-0.25, -0.2) is 9.97 Å². The second-order valence-corrected chi connectivity index (χ2v) is 3.36. The largest absolute Gasteiger partial charge is 0.384 e. The van der Waals surface area contributed by atoms with Crippen molar-refractivity contribution in [2.24, 2.45) is 0 Å². The highest BCUT2D eigenvalue weighted by molar-refractivity contribution is 5.85. The minimum Gasteiger partial charge on any atom is -0.384 e. The van der Waals surface area contributed by atoms with Crippen molar-refractivity contribution in [2.45, 2.75) is 18.8 Å². The van der Waals surface area contributed by atoms with Crippen LogP contribution < -0.4 is 11.1 Å². The summed E-state index contributed by atoms with van der Waals surface area (Å²) in [5.74, 6) is 1.97. The molecule has 14 heavy (non-hydrogen) atoms. The van der Waals surface area contributed by atoms with Crippen molar-refractivity contribution in [3.8, 4) is 0 Å². The minimum atomic E-state index is 0. The number of halogens is 1. The summed E-state index contributed by atoms with van der Waals surface area (Å²) >= 11 is 0. The smallest absolute Gasteiger partial charge is 0.133 e. The minimum absolute atomic E-state index is 0. The van der Waals surface area contributed by atoms with Crippen LogP contribution in [0.5, 0.6) is 0 Å². The van der Waals surface area contributed by atoms with E-state index in [-0.39, 0.29) is 12.4 Å². The standard InChI is InChI=1S/C9H14N4.ClH/c10-8-3-6-12-9(13-8)7-1-4-11-5-2-7;/h3,6-7,11H,1-2,4-5H2,(H2,10,12,13);1H. The fourth-order valence-electron chi connectivity index (χ4n) is 1.67. The Hall–Kier alpha value is -0.870. The Morgan fingerprint density at radius 3 is 2.71 bits per heavy atom. The van der Waals surface area contributed by atoms with Crippen LogP contribution in [-0.2, 0) is 0 Å². The quantitative estimate of drug-likeness (QED) is 0.731. The molecule has 0 spiro atoms. The van der Waals surface area contributed by atoms with E-state index in [1.54, 1.807) is 12.3 Å². The first-order valence-electron chi connectivity index (χ1n) is 4.65. The normalized spacial score (nSPS) is 17.4. The maximum absolute atomic E-state index is 5.60. The zero-order valence-electron chi connectivity index (χ0n) is 7.94. The number of nitrogens with two attached hydrogens (primary N) is 1. The number of piperidine rings is 1. The van der Waals surface area contributed by atoms with Crippen LogP contribution >= 0.6 is 12.4 Å². The Balaban J connectivity index is 0.000000980. The molecule has 1 aliphatic heterocycles. The van der Waals surface area contributed by atoms with Gasteiger partial charge in [-0.05, 0) is 32.0 Å². The predicted molar refractivity (Wildman–Crippen MR) is 58.5 cm³/mol. The van der Waals surface area contributed by atoms with Crippen LogP contribution in [0.4, 0.5) is 5.82 Å². The average Bonchev–Trinajstić information content (AvgIpc) is 2.19. The fourth-order valence-corrected chi connectivity index (χ4v) is 1.67. The van der Waals surface area contributed by atoms with E-state index >= 15 is 0 Å². The topological polar surface area (TPSA) is 63.8 Å². The molecule has 78 valence electrons. The van der Waals surface area contributed by atoms with Gasteiger partial charge in [0.25, 0.3) is 0 Å². The molecule has 0 radical (unpaired) electrons. The second-order valence-electron chi connectivity index (χ2n) is 3.36. The highest BCUT2D eigenvalue weighted by Crippen LogP contribution is 2.21. The number of nitrogens with zero attached hydrogens (tertiary/aromatic N) is 2. The van der Waals surface area contributed by atoms with Crippen molar-refractivity contribution in [3.63, 3.8) is 0 Å². The summed E-state index contributed by atoms with van der Waals surface area (Å²) < 4.78 is 0. The molecule has 1 saturated heterocycles. The molecule has 2 heterocycles. The van der Waals surface area contributed by atoms with Gasteiger partial charge in [-0.3, -0.25) is 0 Å². The Morgan fingerprint density at radius 1 is 1.36 bits per heavy atom. The van der Waals surface area contributed by atoms with E-state index in [1.807, 2.05) is 0 Å². The highest BCUT2D eigenvalue weighted by atomic mass is 35.5. The van der Waals surface area contributed by atoms with Crippen molar-refractivity contribution in [1.82, 2.24) is 15.3 Å². The zero-order chi connectivity index (χ0) is 9.10. The van der Waals surface area contributed by atoms with Gasteiger partial charge in [0.05, 0.1) is 0 Å². The molecule has 1 fully saturated rings. The number of aromatic nitrogens is 2. The molecule has 1 aromatic heterocycles. The third-order valence-electron chi connectivity index (χ3n) is 2.40. The Bertz CT molecular complexity index is 286. The lowest BCUT2D eigenvalue weighted by Gasteiger charge is -2.21. The van der Waals surface area contributed by atoms with Gasteiger partial charge < -0.3 is 11.1 Å². The van der Waals surface area contributed by atoms with Gasteiger partial charge in [-0.15, -0.1) is 12.4 Å². The molecule has 0 aromatic carbocycles. The second kappa shape index (κ2) is 5.12.